The number of aliphatic carboxylic acids is 4. The minimum atomic E-state index is -1.65. The van der Waals surface area contributed by atoms with E-state index in [0.717, 1.165) is 55.9 Å². The number of carboxylic acid groups (broad SMARTS) is 4. The van der Waals surface area contributed by atoms with Crippen LogP contribution < -0.4 is 21.3 Å². The summed E-state index contributed by atoms with van der Waals surface area (Å²) in [5, 5.41) is 67.6. The maximum Gasteiger partial charge on any atom is 0.328 e. The Kier molecular flexibility index (Phi) is 19.8. The molecule has 2 aromatic rings. The topological polar surface area (TPSA) is 337 Å². The van der Waals surface area contributed by atoms with Gasteiger partial charge in [-0.15, -0.1) is 0 Å². The van der Waals surface area contributed by atoms with Crippen molar-refractivity contribution in [1.29, 1.82) is 0 Å². The molecule has 78 heavy (non-hydrogen) atoms. The minimum absolute atomic E-state index is 0.00614. The molecule has 0 aromatic heterocycles. The molecule has 10 N–H and O–H groups in total. The van der Waals surface area contributed by atoms with Crippen molar-refractivity contribution in [3.63, 3.8) is 0 Å². The van der Waals surface area contributed by atoms with E-state index in [4.69, 9.17) is 32.7 Å². The smallest absolute Gasteiger partial charge is 0.328 e. The first-order chi connectivity index (χ1) is 37.1. The van der Waals surface area contributed by atoms with E-state index in [2.05, 4.69) is 33.4 Å². The van der Waals surface area contributed by atoms with Crippen LogP contribution in [0.1, 0.15) is 69.6 Å². The van der Waals surface area contributed by atoms with Crippen LogP contribution in [0.25, 0.3) is 0 Å². The predicted molar refractivity (Wildman–Crippen MR) is 280 cm³/mol. The molecular formula is C52H66Cl2N8O16. The number of rotatable bonds is 23. The predicted octanol–water partition coefficient (Wildman–Crippen LogP) is 1.33. The molecule has 24 nitrogen and oxygen atoms in total. The van der Waals surface area contributed by atoms with Crippen LogP contribution >= 0.6 is 23.2 Å². The summed E-state index contributed by atoms with van der Waals surface area (Å²) in [4.78, 5) is 107. The summed E-state index contributed by atoms with van der Waals surface area (Å²) in [5.41, 5.74) is -0.336. The Morgan fingerprint density at radius 2 is 1.22 bits per heavy atom. The second-order valence-electron chi connectivity index (χ2n) is 20.6. The van der Waals surface area contributed by atoms with Gasteiger partial charge in [0.1, 0.15) is 17.5 Å². The van der Waals surface area contributed by atoms with Crippen molar-refractivity contribution in [3.05, 3.63) is 80.9 Å². The van der Waals surface area contributed by atoms with Crippen molar-refractivity contribution >= 4 is 70.7 Å². The van der Waals surface area contributed by atoms with Gasteiger partial charge in [-0.05, 0) is 61.9 Å². The summed E-state index contributed by atoms with van der Waals surface area (Å²) in [7, 11) is 0. The largest absolute Gasteiger partial charge is 0.508 e. The Morgan fingerprint density at radius 3 is 1.76 bits per heavy atom. The third kappa shape index (κ3) is 14.6. The molecule has 4 bridgehead atoms. The van der Waals surface area contributed by atoms with E-state index in [9.17, 15) is 69.0 Å². The molecule has 26 heteroatoms. The zero-order chi connectivity index (χ0) is 56.4. The minimum Gasteiger partial charge on any atom is -0.508 e. The van der Waals surface area contributed by atoms with E-state index in [1.807, 2.05) is 11.0 Å². The lowest BCUT2D eigenvalue weighted by molar-refractivity contribution is -0.397. The van der Waals surface area contributed by atoms with Crippen molar-refractivity contribution in [2.75, 3.05) is 111 Å². The number of fused-ring (bicyclic) bond motifs is 2. The number of phenolic OH excluding ortho intramolecular Hbond substituents is 2. The lowest BCUT2D eigenvalue weighted by atomic mass is 9.40. The number of phenols is 2. The van der Waals surface area contributed by atoms with Crippen molar-refractivity contribution in [1.82, 2.24) is 40.9 Å². The number of allylic oxidation sites excluding steroid dienone is 1. The number of aromatic hydroxyl groups is 2. The van der Waals surface area contributed by atoms with Crippen LogP contribution in [0.3, 0.4) is 0 Å². The molecule has 2 aliphatic heterocycles. The molecule has 4 unspecified atom stereocenters. The third-order valence-electron chi connectivity index (χ3n) is 15.2. The Morgan fingerprint density at radius 1 is 0.679 bits per heavy atom. The Balaban J connectivity index is 0.902. The summed E-state index contributed by atoms with van der Waals surface area (Å²) >= 11 is 13.0. The summed E-state index contributed by atoms with van der Waals surface area (Å²) in [6, 6.07) is 3.94. The first kappa shape index (κ1) is 59.3. The van der Waals surface area contributed by atoms with E-state index < -0.39 is 71.3 Å². The third-order valence-corrected chi connectivity index (χ3v) is 15.8. The van der Waals surface area contributed by atoms with Crippen molar-refractivity contribution in [3.8, 4) is 11.5 Å². The molecule has 3 saturated carbocycles. The van der Waals surface area contributed by atoms with Crippen LogP contribution in [0.15, 0.2) is 54.1 Å². The highest BCUT2D eigenvalue weighted by Gasteiger charge is 2.80. The van der Waals surface area contributed by atoms with Gasteiger partial charge in [-0.25, -0.2) is 4.79 Å². The van der Waals surface area contributed by atoms with Gasteiger partial charge in [-0.3, -0.25) is 53.2 Å². The molecule has 0 radical (unpaired) electrons. The highest BCUT2D eigenvalue weighted by Crippen LogP contribution is 2.77. The quantitative estimate of drug-likeness (QED) is 0.0702. The van der Waals surface area contributed by atoms with Crippen molar-refractivity contribution < 1.29 is 78.5 Å². The average Bonchev–Trinajstić information content (AvgIpc) is 3.82. The molecule has 4 amide bonds. The monoisotopic (exact) mass is 1130 g/mol. The van der Waals surface area contributed by atoms with E-state index in [1.54, 1.807) is 14.7 Å². The van der Waals surface area contributed by atoms with Crippen LogP contribution in [0.4, 0.5) is 0 Å². The molecule has 8 rings (SSSR count). The number of nitrogens with zero attached hydrogens (tertiary/aromatic N) is 4. The normalized spacial score (nSPS) is 25.2. The van der Waals surface area contributed by atoms with Gasteiger partial charge < -0.3 is 61.4 Å². The summed E-state index contributed by atoms with van der Waals surface area (Å²) < 4.78 is 12.9. The molecule has 5 atom stereocenters. The van der Waals surface area contributed by atoms with Crippen LogP contribution in [-0.2, 0) is 33.4 Å². The number of hydrogen-bond donors (Lipinski definition) is 10. The fourth-order valence-electron chi connectivity index (χ4n) is 11.5. The van der Waals surface area contributed by atoms with E-state index in [0.29, 0.717) is 26.1 Å². The van der Waals surface area contributed by atoms with Gasteiger partial charge in [0.05, 0.1) is 60.1 Å². The van der Waals surface area contributed by atoms with Gasteiger partial charge in [0.15, 0.2) is 0 Å². The number of ether oxygens (including phenoxy) is 2. The van der Waals surface area contributed by atoms with Crippen LogP contribution in [-0.4, -0.2) is 227 Å². The van der Waals surface area contributed by atoms with Crippen LogP contribution in [0, 0.1) is 10.8 Å². The van der Waals surface area contributed by atoms with E-state index in [-0.39, 0.29) is 135 Å². The van der Waals surface area contributed by atoms with Gasteiger partial charge in [0.2, 0.25) is 5.91 Å². The average molecular weight is 1130 g/mol. The maximum atomic E-state index is 13.6. The molecule has 6 aliphatic rings. The molecule has 1 spiro atoms. The molecule has 2 saturated heterocycles. The molecule has 5 fully saturated rings. The van der Waals surface area contributed by atoms with E-state index in [1.165, 1.54) is 12.1 Å². The van der Waals surface area contributed by atoms with Gasteiger partial charge in [-0.1, -0.05) is 41.4 Å². The maximum absolute atomic E-state index is 13.6. The number of carbonyl (C=O) groups excluding carboxylic acids is 4. The highest BCUT2D eigenvalue weighted by molar-refractivity contribution is 6.40. The second kappa shape index (κ2) is 26.1. The highest BCUT2D eigenvalue weighted by atomic mass is 35.5. The zero-order valence-corrected chi connectivity index (χ0v) is 44.4. The first-order valence-corrected chi connectivity index (χ1v) is 26.4. The first-order valence-electron chi connectivity index (χ1n) is 25.7. The molecular weight excluding hydrogens is 1060 g/mol. The standard InChI is InChI=1S/C52H66Cl2N8O16/c53-37-21-34(22-38(54)44(37)47(74)58-39(48(75)76)26-57-45(72)33-19-35(63)23-36(64)20-33)46(73)56-25-32-3-1-4-50-5-2-6-52(51(24-32,31-50)49(50)78-52)7-17-77-18-8-55-40(65)27-59-9-11-60(28-41(66)67)13-15-62(30-43(70)71)16-14-61(12-10-59)29-42(68)69/h1,3,19-24,39,49,63-64H,2,4-18,25-31H2,(H,55,65)(H,56,73)(H,57,72)(H,58,74)(H,66,67)(H,68,69)(H,70,71)(H,75,76)/b3-1-,32-24+/t39-,49?,50?,51?,52?/m0/s1. The van der Waals surface area contributed by atoms with Gasteiger partial charge in [0.25, 0.3) is 17.7 Å². The SMILES string of the molecule is O=C(O)CN1CCN(CC(=O)O)CCN(CC(=O)NCCOCCC23CCCC45C/C=C\C(CNC(=O)c6cc(Cl)c(C(=O)N[C@@H](CNC(=O)c7cc(O)cc(O)c7)C(=O)O)c(Cl)c6)=C/C2(C4)C5O3)CCN(CC(=O)O)CC1. The summed E-state index contributed by atoms with van der Waals surface area (Å²) in [6.45, 7) is 1.78. The van der Waals surface area contributed by atoms with Gasteiger partial charge in [-0.2, -0.15) is 0 Å². The molecule has 424 valence electrons. The number of carbonyl (C=O) groups is 8. The van der Waals surface area contributed by atoms with Crippen LogP contribution in [0.2, 0.25) is 10.0 Å². The molecule has 4 aliphatic carbocycles. The van der Waals surface area contributed by atoms with Crippen molar-refractivity contribution in [2.24, 2.45) is 10.8 Å². The van der Waals surface area contributed by atoms with E-state index >= 15 is 0 Å². The number of hydrogen-bond acceptors (Lipinski definition) is 16. The van der Waals surface area contributed by atoms with Gasteiger partial charge >= 0.3 is 23.9 Å². The number of benzene rings is 2. The Hall–Kier alpha value is -6.38. The number of carboxylic acids is 4. The zero-order valence-electron chi connectivity index (χ0n) is 42.8. The molecule has 2 aromatic carbocycles. The fourth-order valence-corrected chi connectivity index (χ4v) is 12.2. The Bertz CT molecular complexity index is 2620. The Labute approximate surface area is 459 Å². The lowest BCUT2D eigenvalue weighted by Crippen LogP contribution is -2.80. The molecule has 2 heterocycles. The van der Waals surface area contributed by atoms with Gasteiger partial charge in [0, 0.05) is 113 Å². The lowest BCUT2D eigenvalue weighted by Gasteiger charge is -2.76. The van der Waals surface area contributed by atoms with Crippen molar-refractivity contribution in [2.45, 2.75) is 56.3 Å². The second-order valence-corrected chi connectivity index (χ2v) is 21.4. The fraction of sp³-hybridized carbons (Fsp3) is 0.538. The summed E-state index contributed by atoms with van der Waals surface area (Å²) in [5.74, 6) is -8.06. The number of amides is 4. The van der Waals surface area contributed by atoms with Crippen LogP contribution in [0.5, 0.6) is 11.5 Å². The summed E-state index contributed by atoms with van der Waals surface area (Å²) in [6.07, 6.45) is 11.5. The number of halogens is 2. The number of nitrogens with one attached hydrogen (secondary N) is 4.